The van der Waals surface area contributed by atoms with E-state index in [9.17, 15) is 9.18 Å². The van der Waals surface area contributed by atoms with Crippen molar-refractivity contribution in [3.8, 4) is 0 Å². The first-order valence-corrected chi connectivity index (χ1v) is 7.02. The molecule has 4 heteroatoms. The van der Waals surface area contributed by atoms with Crippen LogP contribution in [-0.4, -0.2) is 12.5 Å². The molecule has 1 aliphatic heterocycles. The van der Waals surface area contributed by atoms with Crippen molar-refractivity contribution in [3.05, 3.63) is 58.9 Å². The van der Waals surface area contributed by atoms with E-state index in [1.54, 1.807) is 4.90 Å². The van der Waals surface area contributed by atoms with E-state index in [1.165, 1.54) is 29.3 Å². The largest absolute Gasteiger partial charge is 0.399 e. The summed E-state index contributed by atoms with van der Waals surface area (Å²) in [6.45, 7) is 2.68. The molecule has 0 bridgehead atoms. The fourth-order valence-corrected chi connectivity index (χ4v) is 2.83. The third-order valence-corrected chi connectivity index (χ3v) is 3.77. The smallest absolute Gasteiger partial charge is 0.258 e. The van der Waals surface area contributed by atoms with Crippen LogP contribution in [0.25, 0.3) is 0 Å². The van der Waals surface area contributed by atoms with Gasteiger partial charge in [0.25, 0.3) is 5.91 Å². The number of anilines is 2. The van der Waals surface area contributed by atoms with Crippen LogP contribution in [0.15, 0.2) is 36.4 Å². The molecule has 2 aromatic carbocycles. The van der Waals surface area contributed by atoms with E-state index in [0.29, 0.717) is 12.1 Å². The maximum atomic E-state index is 13.5. The van der Waals surface area contributed by atoms with Crippen LogP contribution >= 0.6 is 0 Å². The number of benzene rings is 2. The molecule has 1 amide bonds. The van der Waals surface area contributed by atoms with Gasteiger partial charge in [0.2, 0.25) is 0 Å². The molecular weight excluding hydrogens is 267 g/mol. The van der Waals surface area contributed by atoms with E-state index in [2.05, 4.69) is 6.07 Å². The number of nitrogens with two attached hydrogens (primary N) is 1. The number of carbonyl (C=O) groups excluding carboxylic acids is 1. The van der Waals surface area contributed by atoms with Crippen LogP contribution in [-0.2, 0) is 6.42 Å². The average molecular weight is 284 g/mol. The standard InChI is InChI=1S/C17H17FN2O/c1-11-4-5-16-12(7-11)3-2-6-20(16)17(21)13-8-14(18)10-15(19)9-13/h4-5,7-10H,2-3,6,19H2,1H3. The molecule has 0 saturated heterocycles. The monoisotopic (exact) mass is 284 g/mol. The molecule has 0 fully saturated rings. The summed E-state index contributed by atoms with van der Waals surface area (Å²) >= 11 is 0. The first kappa shape index (κ1) is 13.6. The molecule has 0 aromatic heterocycles. The van der Waals surface area contributed by atoms with Crippen LogP contribution in [0, 0.1) is 12.7 Å². The van der Waals surface area contributed by atoms with Gasteiger partial charge < -0.3 is 10.6 Å². The van der Waals surface area contributed by atoms with Gasteiger partial charge in [0.15, 0.2) is 0 Å². The quantitative estimate of drug-likeness (QED) is 0.817. The zero-order chi connectivity index (χ0) is 15.0. The summed E-state index contributed by atoms with van der Waals surface area (Å²) < 4.78 is 13.5. The minimum absolute atomic E-state index is 0.203. The molecule has 0 unspecified atom stereocenters. The van der Waals surface area contributed by atoms with E-state index >= 15 is 0 Å². The van der Waals surface area contributed by atoms with Crippen LogP contribution in [0.1, 0.15) is 27.9 Å². The van der Waals surface area contributed by atoms with Crippen molar-refractivity contribution in [1.29, 1.82) is 0 Å². The summed E-state index contributed by atoms with van der Waals surface area (Å²) in [5, 5.41) is 0. The third-order valence-electron chi connectivity index (χ3n) is 3.77. The number of nitrogen functional groups attached to an aromatic ring is 1. The Bertz CT molecular complexity index is 692. The number of amides is 1. The Hall–Kier alpha value is -2.36. The van der Waals surface area contributed by atoms with Gasteiger partial charge >= 0.3 is 0 Å². The van der Waals surface area contributed by atoms with Gasteiger partial charge in [-0.25, -0.2) is 4.39 Å². The molecular formula is C17H17FN2O. The molecule has 3 nitrogen and oxygen atoms in total. The van der Waals surface area contributed by atoms with Crippen molar-refractivity contribution in [1.82, 2.24) is 0 Å². The Labute approximate surface area is 123 Å². The molecule has 0 aliphatic carbocycles. The zero-order valence-electron chi connectivity index (χ0n) is 11.9. The predicted octanol–water partition coefficient (Wildman–Crippen LogP) is 3.31. The number of hydrogen-bond acceptors (Lipinski definition) is 2. The molecule has 0 radical (unpaired) electrons. The number of halogens is 1. The fourth-order valence-electron chi connectivity index (χ4n) is 2.83. The number of carbonyl (C=O) groups is 1. The topological polar surface area (TPSA) is 46.3 Å². The lowest BCUT2D eigenvalue weighted by Gasteiger charge is -2.30. The second-order valence-corrected chi connectivity index (χ2v) is 5.47. The molecule has 108 valence electrons. The van der Waals surface area contributed by atoms with Crippen LogP contribution in [0.3, 0.4) is 0 Å². The van der Waals surface area contributed by atoms with Crippen molar-refractivity contribution in [2.75, 3.05) is 17.2 Å². The molecule has 3 rings (SSSR count). The van der Waals surface area contributed by atoms with E-state index in [-0.39, 0.29) is 11.6 Å². The highest BCUT2D eigenvalue weighted by atomic mass is 19.1. The number of aryl methyl sites for hydroxylation is 2. The van der Waals surface area contributed by atoms with Crippen molar-refractivity contribution in [2.45, 2.75) is 19.8 Å². The highest BCUT2D eigenvalue weighted by Gasteiger charge is 2.24. The van der Waals surface area contributed by atoms with Gasteiger partial charge in [0.1, 0.15) is 5.82 Å². The minimum Gasteiger partial charge on any atom is -0.399 e. The van der Waals surface area contributed by atoms with Gasteiger partial charge in [0.05, 0.1) is 0 Å². The molecule has 1 heterocycles. The molecule has 21 heavy (non-hydrogen) atoms. The van der Waals surface area contributed by atoms with E-state index in [1.807, 2.05) is 19.1 Å². The Kier molecular flexibility index (Phi) is 3.37. The van der Waals surface area contributed by atoms with Gasteiger partial charge in [-0.05, 0) is 49.6 Å². The lowest BCUT2D eigenvalue weighted by Crippen LogP contribution is -2.35. The summed E-state index contributed by atoms with van der Waals surface area (Å²) in [7, 11) is 0. The van der Waals surface area contributed by atoms with E-state index in [4.69, 9.17) is 5.73 Å². The molecule has 0 spiro atoms. The summed E-state index contributed by atoms with van der Waals surface area (Å²) in [6.07, 6.45) is 1.87. The van der Waals surface area contributed by atoms with E-state index < -0.39 is 5.82 Å². The van der Waals surface area contributed by atoms with Crippen LogP contribution < -0.4 is 10.6 Å². The Morgan fingerprint density at radius 3 is 2.81 bits per heavy atom. The Morgan fingerprint density at radius 1 is 1.24 bits per heavy atom. The highest BCUT2D eigenvalue weighted by molar-refractivity contribution is 6.07. The summed E-state index contributed by atoms with van der Waals surface area (Å²) in [5.74, 6) is -0.689. The van der Waals surface area contributed by atoms with E-state index in [0.717, 1.165) is 18.5 Å². The van der Waals surface area contributed by atoms with Gasteiger partial charge in [-0.3, -0.25) is 4.79 Å². The number of hydrogen-bond donors (Lipinski definition) is 1. The van der Waals surface area contributed by atoms with Gasteiger partial charge in [-0.2, -0.15) is 0 Å². The van der Waals surface area contributed by atoms with Crippen molar-refractivity contribution >= 4 is 17.3 Å². The van der Waals surface area contributed by atoms with Crippen molar-refractivity contribution in [3.63, 3.8) is 0 Å². The van der Waals surface area contributed by atoms with Crippen LogP contribution in [0.4, 0.5) is 15.8 Å². The number of rotatable bonds is 1. The van der Waals surface area contributed by atoms with Crippen LogP contribution in [0.5, 0.6) is 0 Å². The first-order valence-electron chi connectivity index (χ1n) is 7.02. The summed E-state index contributed by atoms with van der Waals surface area (Å²) in [4.78, 5) is 14.4. The number of fused-ring (bicyclic) bond motifs is 1. The molecule has 0 saturated carbocycles. The van der Waals surface area contributed by atoms with Crippen molar-refractivity contribution in [2.24, 2.45) is 0 Å². The zero-order valence-corrected chi connectivity index (χ0v) is 11.9. The van der Waals surface area contributed by atoms with Gasteiger partial charge in [0, 0.05) is 23.5 Å². The van der Waals surface area contributed by atoms with Gasteiger partial charge in [-0.1, -0.05) is 17.7 Å². The molecule has 2 N–H and O–H groups in total. The number of nitrogens with zero attached hydrogens (tertiary/aromatic N) is 1. The molecule has 1 aliphatic rings. The van der Waals surface area contributed by atoms with Gasteiger partial charge in [-0.15, -0.1) is 0 Å². The van der Waals surface area contributed by atoms with Crippen molar-refractivity contribution < 1.29 is 9.18 Å². The molecule has 2 aromatic rings. The maximum Gasteiger partial charge on any atom is 0.258 e. The fraction of sp³-hybridized carbons (Fsp3) is 0.235. The van der Waals surface area contributed by atoms with Crippen LogP contribution in [0.2, 0.25) is 0 Å². The Balaban J connectivity index is 2.00. The third kappa shape index (κ3) is 2.61. The predicted molar refractivity (Wildman–Crippen MR) is 82.0 cm³/mol. The maximum absolute atomic E-state index is 13.5. The lowest BCUT2D eigenvalue weighted by atomic mass is 9.98. The molecule has 0 atom stereocenters. The SMILES string of the molecule is Cc1ccc2c(c1)CCCN2C(=O)c1cc(N)cc(F)c1. The highest BCUT2D eigenvalue weighted by Crippen LogP contribution is 2.29. The summed E-state index contributed by atoms with van der Waals surface area (Å²) in [5.41, 5.74) is 9.45. The lowest BCUT2D eigenvalue weighted by molar-refractivity contribution is 0.0984. The first-order chi connectivity index (χ1) is 10.0. The Morgan fingerprint density at radius 2 is 2.05 bits per heavy atom. The normalized spacial score (nSPS) is 13.9. The minimum atomic E-state index is -0.487. The second kappa shape index (κ2) is 5.20. The second-order valence-electron chi connectivity index (χ2n) is 5.47. The summed E-state index contributed by atoms with van der Waals surface area (Å²) in [6, 6.07) is 10.0. The average Bonchev–Trinajstić information content (AvgIpc) is 2.44.